The third-order valence-corrected chi connectivity index (χ3v) is 3.19. The number of hydrogen-bond donors (Lipinski definition) is 2. The van der Waals surface area contributed by atoms with Crippen molar-refractivity contribution in [3.05, 3.63) is 53.7 Å². The number of halogens is 1. The summed E-state index contributed by atoms with van der Waals surface area (Å²) in [6.45, 7) is 4.47. The molecule has 2 rings (SSSR count). The smallest absolute Gasteiger partial charge is 0.356 e. The third-order valence-electron chi connectivity index (χ3n) is 3.19. The Labute approximate surface area is 121 Å². The molecule has 1 heterocycles. The van der Waals surface area contributed by atoms with Gasteiger partial charge in [-0.2, -0.15) is 0 Å². The maximum Gasteiger partial charge on any atom is 0.356 e. The molecule has 0 radical (unpaired) electrons. The van der Waals surface area contributed by atoms with Crippen LogP contribution in [0.25, 0.3) is 0 Å². The SMILES string of the molecule is CC(C)(CNc1cnc(C(=O)O)cn1)c1cccc(F)c1. The van der Waals surface area contributed by atoms with E-state index < -0.39 is 5.97 Å². The second-order valence-electron chi connectivity index (χ2n) is 5.34. The highest BCUT2D eigenvalue weighted by atomic mass is 19.1. The van der Waals surface area contributed by atoms with Gasteiger partial charge in [-0.15, -0.1) is 0 Å². The van der Waals surface area contributed by atoms with Crippen molar-refractivity contribution in [3.63, 3.8) is 0 Å². The first-order valence-electron chi connectivity index (χ1n) is 6.44. The van der Waals surface area contributed by atoms with Gasteiger partial charge < -0.3 is 10.4 Å². The molecule has 0 aliphatic rings. The molecule has 0 unspecified atom stereocenters. The molecule has 0 atom stereocenters. The van der Waals surface area contributed by atoms with E-state index in [0.717, 1.165) is 5.56 Å². The summed E-state index contributed by atoms with van der Waals surface area (Å²) >= 11 is 0. The minimum atomic E-state index is -1.12. The first-order valence-corrected chi connectivity index (χ1v) is 6.44. The molecule has 2 aromatic rings. The minimum absolute atomic E-state index is 0.107. The van der Waals surface area contributed by atoms with Crippen molar-refractivity contribution in [1.82, 2.24) is 9.97 Å². The predicted molar refractivity (Wildman–Crippen MR) is 76.9 cm³/mol. The number of aromatic nitrogens is 2. The molecule has 110 valence electrons. The van der Waals surface area contributed by atoms with Crippen LogP contribution in [0.15, 0.2) is 36.7 Å². The molecule has 21 heavy (non-hydrogen) atoms. The Kier molecular flexibility index (Phi) is 4.16. The van der Waals surface area contributed by atoms with E-state index in [1.807, 2.05) is 19.9 Å². The number of nitrogens with zero attached hydrogens (tertiary/aromatic N) is 2. The van der Waals surface area contributed by atoms with Crippen LogP contribution < -0.4 is 5.32 Å². The van der Waals surface area contributed by atoms with Crippen LogP contribution in [0.5, 0.6) is 0 Å². The van der Waals surface area contributed by atoms with E-state index in [1.54, 1.807) is 6.07 Å². The van der Waals surface area contributed by atoms with E-state index in [1.165, 1.54) is 24.5 Å². The van der Waals surface area contributed by atoms with Crippen molar-refractivity contribution in [2.75, 3.05) is 11.9 Å². The van der Waals surface area contributed by atoms with Gasteiger partial charge in [0.05, 0.1) is 12.4 Å². The lowest BCUT2D eigenvalue weighted by molar-refractivity contribution is 0.0690. The van der Waals surface area contributed by atoms with Crippen molar-refractivity contribution < 1.29 is 14.3 Å². The van der Waals surface area contributed by atoms with Crippen LogP contribution in [0.2, 0.25) is 0 Å². The van der Waals surface area contributed by atoms with E-state index >= 15 is 0 Å². The third kappa shape index (κ3) is 3.75. The van der Waals surface area contributed by atoms with Crippen LogP contribution in [-0.4, -0.2) is 27.6 Å². The summed E-state index contributed by atoms with van der Waals surface area (Å²) in [4.78, 5) is 18.5. The summed E-state index contributed by atoms with van der Waals surface area (Å²) in [6.07, 6.45) is 2.56. The van der Waals surface area contributed by atoms with E-state index in [-0.39, 0.29) is 16.9 Å². The summed E-state index contributed by atoms with van der Waals surface area (Å²) in [5.41, 5.74) is 0.449. The fourth-order valence-corrected chi connectivity index (χ4v) is 1.85. The number of carboxylic acid groups (broad SMARTS) is 1. The Morgan fingerprint density at radius 3 is 2.67 bits per heavy atom. The number of carboxylic acids is 1. The molecule has 2 N–H and O–H groups in total. The van der Waals surface area contributed by atoms with Gasteiger partial charge >= 0.3 is 5.97 Å². The Morgan fingerprint density at radius 1 is 1.33 bits per heavy atom. The number of anilines is 1. The van der Waals surface area contributed by atoms with E-state index in [4.69, 9.17) is 5.11 Å². The highest BCUT2D eigenvalue weighted by molar-refractivity contribution is 5.84. The number of rotatable bonds is 5. The Bertz CT molecular complexity index is 642. The molecular weight excluding hydrogens is 273 g/mol. The van der Waals surface area contributed by atoms with E-state index in [9.17, 15) is 9.18 Å². The van der Waals surface area contributed by atoms with Gasteiger partial charge in [-0.25, -0.2) is 19.2 Å². The first-order chi connectivity index (χ1) is 9.88. The van der Waals surface area contributed by atoms with Gasteiger partial charge in [0, 0.05) is 12.0 Å². The average molecular weight is 289 g/mol. The molecule has 1 aromatic carbocycles. The van der Waals surface area contributed by atoms with Crippen LogP contribution in [0.1, 0.15) is 29.9 Å². The van der Waals surface area contributed by atoms with Gasteiger partial charge in [0.1, 0.15) is 11.6 Å². The van der Waals surface area contributed by atoms with Crippen LogP contribution in [0.3, 0.4) is 0 Å². The van der Waals surface area contributed by atoms with Crippen molar-refractivity contribution in [1.29, 1.82) is 0 Å². The van der Waals surface area contributed by atoms with E-state index in [2.05, 4.69) is 15.3 Å². The maximum atomic E-state index is 13.3. The fraction of sp³-hybridized carbons (Fsp3) is 0.267. The molecule has 6 heteroatoms. The maximum absolute atomic E-state index is 13.3. The van der Waals surface area contributed by atoms with Crippen molar-refractivity contribution in [2.45, 2.75) is 19.3 Å². The summed E-state index contributed by atoms with van der Waals surface area (Å²) in [5, 5.41) is 11.8. The number of carbonyl (C=O) groups is 1. The molecule has 0 saturated heterocycles. The number of benzene rings is 1. The number of aromatic carboxylic acids is 1. The normalized spacial score (nSPS) is 11.2. The quantitative estimate of drug-likeness (QED) is 0.885. The zero-order valence-corrected chi connectivity index (χ0v) is 11.8. The largest absolute Gasteiger partial charge is 0.476 e. The lowest BCUT2D eigenvalue weighted by Crippen LogP contribution is -2.28. The minimum Gasteiger partial charge on any atom is -0.476 e. The number of nitrogens with one attached hydrogen (secondary N) is 1. The lowest BCUT2D eigenvalue weighted by atomic mass is 9.84. The molecule has 1 aromatic heterocycles. The predicted octanol–water partition coefficient (Wildman–Crippen LogP) is 2.70. The van der Waals surface area contributed by atoms with Crippen molar-refractivity contribution >= 4 is 11.8 Å². The van der Waals surface area contributed by atoms with Crippen molar-refractivity contribution in [3.8, 4) is 0 Å². The highest BCUT2D eigenvalue weighted by Crippen LogP contribution is 2.24. The standard InChI is InChI=1S/C15H16FN3O2/c1-15(2,10-4-3-5-11(16)6-10)9-19-13-8-17-12(7-18-13)14(20)21/h3-8H,9H2,1-2H3,(H,18,19)(H,20,21). The Hall–Kier alpha value is -2.50. The molecule has 0 bridgehead atoms. The van der Waals surface area contributed by atoms with E-state index in [0.29, 0.717) is 12.4 Å². The average Bonchev–Trinajstić information content (AvgIpc) is 2.45. The summed E-state index contributed by atoms with van der Waals surface area (Å²) < 4.78 is 13.3. The molecule has 5 nitrogen and oxygen atoms in total. The Balaban J connectivity index is 2.06. The van der Waals surface area contributed by atoms with Crippen molar-refractivity contribution in [2.24, 2.45) is 0 Å². The fourth-order valence-electron chi connectivity index (χ4n) is 1.85. The molecular formula is C15H16FN3O2. The van der Waals surface area contributed by atoms with Crippen LogP contribution >= 0.6 is 0 Å². The van der Waals surface area contributed by atoms with Gasteiger partial charge in [0.2, 0.25) is 0 Å². The zero-order chi connectivity index (χ0) is 15.5. The summed E-state index contributed by atoms with van der Waals surface area (Å²) in [7, 11) is 0. The van der Waals surface area contributed by atoms with Gasteiger partial charge in [-0.05, 0) is 17.7 Å². The molecule has 0 aliphatic carbocycles. The van der Waals surface area contributed by atoms with Crippen LogP contribution in [-0.2, 0) is 5.41 Å². The van der Waals surface area contributed by atoms with Gasteiger partial charge in [0.25, 0.3) is 0 Å². The van der Waals surface area contributed by atoms with Gasteiger partial charge in [-0.3, -0.25) is 0 Å². The summed E-state index contributed by atoms with van der Waals surface area (Å²) in [6, 6.07) is 6.45. The monoisotopic (exact) mass is 289 g/mol. The van der Waals surface area contributed by atoms with Crippen LogP contribution in [0.4, 0.5) is 10.2 Å². The molecule has 0 amide bonds. The molecule has 0 spiro atoms. The van der Waals surface area contributed by atoms with Gasteiger partial charge in [0.15, 0.2) is 5.69 Å². The second-order valence-corrected chi connectivity index (χ2v) is 5.34. The highest BCUT2D eigenvalue weighted by Gasteiger charge is 2.21. The number of hydrogen-bond acceptors (Lipinski definition) is 4. The molecule has 0 fully saturated rings. The topological polar surface area (TPSA) is 75.1 Å². The summed E-state index contributed by atoms with van der Waals surface area (Å²) in [5.74, 6) is -0.912. The van der Waals surface area contributed by atoms with Crippen LogP contribution in [0, 0.1) is 5.82 Å². The molecule has 0 saturated carbocycles. The Morgan fingerprint density at radius 2 is 2.10 bits per heavy atom. The molecule has 0 aliphatic heterocycles. The lowest BCUT2D eigenvalue weighted by Gasteiger charge is -2.26. The second kappa shape index (κ2) is 5.87. The first kappa shape index (κ1) is 14.9. The zero-order valence-electron chi connectivity index (χ0n) is 11.8. The van der Waals surface area contributed by atoms with Gasteiger partial charge in [-0.1, -0.05) is 26.0 Å².